The number of halogens is 1. The van der Waals surface area contributed by atoms with Crippen LogP contribution in [0.25, 0.3) is 0 Å². The second-order valence-corrected chi connectivity index (χ2v) is 8.67. The number of hydrogen-bond acceptors (Lipinski definition) is 6. The summed E-state index contributed by atoms with van der Waals surface area (Å²) in [5.41, 5.74) is 1.59. The monoisotopic (exact) mass is 442 g/mol. The van der Waals surface area contributed by atoms with E-state index in [1.807, 2.05) is 19.1 Å². The van der Waals surface area contributed by atoms with Gasteiger partial charge in [0.1, 0.15) is 11.8 Å². The summed E-state index contributed by atoms with van der Waals surface area (Å²) in [6, 6.07) is 9.93. The van der Waals surface area contributed by atoms with Gasteiger partial charge >= 0.3 is 0 Å². The first-order valence-electron chi connectivity index (χ1n) is 9.37. The number of benzene rings is 1. The third-order valence-corrected chi connectivity index (χ3v) is 6.35. The molecule has 0 saturated heterocycles. The Morgan fingerprint density at radius 1 is 1.27 bits per heavy atom. The van der Waals surface area contributed by atoms with Crippen molar-refractivity contribution in [2.45, 2.75) is 26.3 Å². The van der Waals surface area contributed by atoms with Gasteiger partial charge < -0.3 is 14.4 Å². The number of thiazole rings is 1. The van der Waals surface area contributed by atoms with Gasteiger partial charge in [-0.1, -0.05) is 23.7 Å². The Morgan fingerprint density at radius 3 is 2.60 bits per heavy atom. The van der Waals surface area contributed by atoms with E-state index in [-0.39, 0.29) is 5.57 Å². The Kier molecular flexibility index (Phi) is 5.49. The fourth-order valence-electron chi connectivity index (χ4n) is 3.62. The highest BCUT2D eigenvalue weighted by atomic mass is 35.5. The molecule has 3 aromatic rings. The van der Waals surface area contributed by atoms with Crippen LogP contribution in [0.2, 0.25) is 5.02 Å². The SMILES string of the molecule is Cc1nc(C)c(C(=O)C2=C(O)C(=O)N(CCc3ccc(Cl)cc3)C2c2ccco2)s1. The molecule has 8 heteroatoms. The van der Waals surface area contributed by atoms with Crippen LogP contribution in [-0.2, 0) is 11.2 Å². The van der Waals surface area contributed by atoms with Crippen molar-refractivity contribution in [1.82, 2.24) is 9.88 Å². The molecule has 4 rings (SSSR count). The number of rotatable bonds is 6. The second kappa shape index (κ2) is 8.08. The topological polar surface area (TPSA) is 83.6 Å². The van der Waals surface area contributed by atoms with Gasteiger partial charge in [0.15, 0.2) is 5.76 Å². The molecule has 0 bridgehead atoms. The molecule has 3 heterocycles. The predicted molar refractivity (Wildman–Crippen MR) is 114 cm³/mol. The van der Waals surface area contributed by atoms with Crippen LogP contribution in [-0.4, -0.2) is 33.2 Å². The van der Waals surface area contributed by atoms with Crippen molar-refractivity contribution in [3.63, 3.8) is 0 Å². The average molecular weight is 443 g/mol. The Balaban J connectivity index is 1.68. The van der Waals surface area contributed by atoms with Crippen molar-refractivity contribution in [2.24, 2.45) is 0 Å². The van der Waals surface area contributed by atoms with Gasteiger partial charge in [-0.05, 0) is 50.1 Å². The normalized spacial score (nSPS) is 16.6. The zero-order valence-corrected chi connectivity index (χ0v) is 18.0. The molecular formula is C22H19ClN2O4S. The fraction of sp³-hybridized carbons (Fsp3) is 0.227. The third kappa shape index (κ3) is 3.66. The van der Waals surface area contributed by atoms with Crippen molar-refractivity contribution < 1.29 is 19.1 Å². The van der Waals surface area contributed by atoms with Gasteiger partial charge in [-0.15, -0.1) is 11.3 Å². The van der Waals surface area contributed by atoms with Crippen LogP contribution in [0.5, 0.6) is 0 Å². The molecule has 1 N–H and O–H groups in total. The Morgan fingerprint density at radius 2 is 2.00 bits per heavy atom. The molecule has 2 aromatic heterocycles. The summed E-state index contributed by atoms with van der Waals surface area (Å²) >= 11 is 7.19. The number of aryl methyl sites for hydroxylation is 2. The Bertz CT molecular complexity index is 1130. The van der Waals surface area contributed by atoms with Crippen molar-refractivity contribution in [1.29, 1.82) is 0 Å². The van der Waals surface area contributed by atoms with Crippen molar-refractivity contribution >= 4 is 34.6 Å². The number of Topliss-reactive ketones (excluding diaryl/α,β-unsaturated/α-hetero) is 1. The van der Waals surface area contributed by atoms with E-state index in [9.17, 15) is 14.7 Å². The number of aliphatic hydroxyl groups excluding tert-OH is 1. The molecule has 1 atom stereocenters. The van der Waals surface area contributed by atoms with Gasteiger partial charge in [-0.3, -0.25) is 9.59 Å². The first-order chi connectivity index (χ1) is 14.4. The molecule has 1 unspecified atom stereocenters. The lowest BCUT2D eigenvalue weighted by Crippen LogP contribution is -2.32. The van der Waals surface area contributed by atoms with Crippen molar-refractivity contribution in [3.05, 3.63) is 85.9 Å². The number of carbonyl (C=O) groups is 2. The summed E-state index contributed by atoms with van der Waals surface area (Å²) in [5.74, 6) is -1.11. The molecule has 0 radical (unpaired) electrons. The van der Waals surface area contributed by atoms with Gasteiger partial charge in [0.25, 0.3) is 5.91 Å². The quantitative estimate of drug-likeness (QED) is 0.553. The maximum atomic E-state index is 13.3. The average Bonchev–Trinajstić information content (AvgIpc) is 3.41. The molecule has 0 fully saturated rings. The van der Waals surface area contributed by atoms with Gasteiger partial charge in [-0.25, -0.2) is 4.98 Å². The van der Waals surface area contributed by atoms with Crippen LogP contribution in [0.3, 0.4) is 0 Å². The summed E-state index contributed by atoms with van der Waals surface area (Å²) in [4.78, 5) is 32.4. The van der Waals surface area contributed by atoms with Gasteiger partial charge in [-0.2, -0.15) is 0 Å². The van der Waals surface area contributed by atoms with Gasteiger partial charge in [0.05, 0.1) is 27.4 Å². The van der Waals surface area contributed by atoms with Crippen LogP contribution in [0, 0.1) is 13.8 Å². The molecule has 0 saturated carbocycles. The van der Waals surface area contributed by atoms with Gasteiger partial charge in [0, 0.05) is 11.6 Å². The van der Waals surface area contributed by atoms with Gasteiger partial charge in [0.2, 0.25) is 5.78 Å². The van der Waals surface area contributed by atoms with E-state index in [2.05, 4.69) is 4.98 Å². The predicted octanol–water partition coefficient (Wildman–Crippen LogP) is 4.83. The standard InChI is InChI=1S/C22H19ClN2O4S/c1-12-21(30-13(2)24-12)19(26)17-18(16-4-3-11-29-16)25(22(28)20(17)27)10-9-14-5-7-15(23)8-6-14/h3-8,11,18,27H,9-10H2,1-2H3. The molecule has 6 nitrogen and oxygen atoms in total. The number of amides is 1. The highest BCUT2D eigenvalue weighted by Crippen LogP contribution is 2.40. The molecular weight excluding hydrogens is 424 g/mol. The van der Waals surface area contributed by atoms with Crippen LogP contribution in [0.15, 0.2) is 58.4 Å². The summed E-state index contributed by atoms with van der Waals surface area (Å²) in [6.45, 7) is 3.85. The third-order valence-electron chi connectivity index (χ3n) is 5.03. The molecule has 30 heavy (non-hydrogen) atoms. The highest BCUT2D eigenvalue weighted by Gasteiger charge is 2.45. The maximum absolute atomic E-state index is 13.3. The number of aliphatic hydroxyl groups is 1. The van der Waals surface area contributed by atoms with Crippen LogP contribution in [0.1, 0.15) is 37.7 Å². The van der Waals surface area contributed by atoms with E-state index in [1.165, 1.54) is 22.5 Å². The minimum absolute atomic E-state index is 0.0257. The fourth-order valence-corrected chi connectivity index (χ4v) is 4.62. The van der Waals surface area contributed by atoms with E-state index in [0.717, 1.165) is 10.6 Å². The molecule has 0 spiro atoms. The van der Waals surface area contributed by atoms with E-state index in [1.54, 1.807) is 31.2 Å². The lowest BCUT2D eigenvalue weighted by Gasteiger charge is -2.24. The highest BCUT2D eigenvalue weighted by molar-refractivity contribution is 7.14. The van der Waals surface area contributed by atoms with Crippen LogP contribution < -0.4 is 0 Å². The molecule has 1 aromatic carbocycles. The van der Waals surface area contributed by atoms with Crippen molar-refractivity contribution in [3.8, 4) is 0 Å². The zero-order valence-electron chi connectivity index (χ0n) is 16.4. The maximum Gasteiger partial charge on any atom is 0.290 e. The molecule has 0 aliphatic carbocycles. The smallest absolute Gasteiger partial charge is 0.290 e. The van der Waals surface area contributed by atoms with E-state index in [0.29, 0.717) is 34.3 Å². The summed E-state index contributed by atoms with van der Waals surface area (Å²) in [6.07, 6.45) is 2.02. The van der Waals surface area contributed by atoms with E-state index < -0.39 is 23.5 Å². The van der Waals surface area contributed by atoms with Crippen LogP contribution in [0.4, 0.5) is 0 Å². The van der Waals surface area contributed by atoms with Crippen molar-refractivity contribution in [2.75, 3.05) is 6.54 Å². The lowest BCUT2D eigenvalue weighted by atomic mass is 9.99. The zero-order chi connectivity index (χ0) is 21.4. The number of carbonyl (C=O) groups excluding carboxylic acids is 2. The minimum Gasteiger partial charge on any atom is -0.503 e. The number of furan rings is 1. The molecule has 1 aliphatic heterocycles. The Labute approximate surface area is 182 Å². The van der Waals surface area contributed by atoms with Crippen LogP contribution >= 0.6 is 22.9 Å². The first-order valence-corrected chi connectivity index (χ1v) is 10.6. The summed E-state index contributed by atoms with van der Waals surface area (Å²) in [7, 11) is 0. The van der Waals surface area contributed by atoms with E-state index in [4.69, 9.17) is 16.0 Å². The number of nitrogens with zero attached hydrogens (tertiary/aromatic N) is 2. The Hall–Kier alpha value is -2.90. The second-order valence-electron chi connectivity index (χ2n) is 7.03. The molecule has 1 amide bonds. The van der Waals surface area contributed by atoms with E-state index >= 15 is 0 Å². The molecule has 1 aliphatic rings. The number of ketones is 1. The summed E-state index contributed by atoms with van der Waals surface area (Å²) < 4.78 is 5.54. The minimum atomic E-state index is -0.797. The number of hydrogen-bond donors (Lipinski definition) is 1. The summed E-state index contributed by atoms with van der Waals surface area (Å²) in [5, 5.41) is 12.0. The largest absolute Gasteiger partial charge is 0.503 e. The first kappa shape index (κ1) is 20.4. The molecule has 154 valence electrons. The number of aromatic nitrogens is 1. The lowest BCUT2D eigenvalue weighted by molar-refractivity contribution is -0.129.